The fourth-order valence-corrected chi connectivity index (χ4v) is 2.53. The van der Waals surface area contributed by atoms with Crippen LogP contribution >= 0.6 is 0 Å². The number of nitrogens with two attached hydrogens (primary N) is 1. The van der Waals surface area contributed by atoms with Gasteiger partial charge in [-0.15, -0.1) is 0 Å². The zero-order chi connectivity index (χ0) is 12.3. The van der Waals surface area contributed by atoms with Crippen LogP contribution in [0.4, 0.5) is 0 Å². The van der Waals surface area contributed by atoms with Crippen molar-refractivity contribution in [1.82, 2.24) is 10.2 Å². The molecule has 0 bridgehead atoms. The highest BCUT2D eigenvalue weighted by Gasteiger charge is 2.29. The highest BCUT2D eigenvalue weighted by atomic mass is 16.5. The lowest BCUT2D eigenvalue weighted by atomic mass is 9.83. The van der Waals surface area contributed by atoms with E-state index in [0.29, 0.717) is 24.8 Å². The molecule has 0 aliphatic heterocycles. The van der Waals surface area contributed by atoms with Gasteiger partial charge in [0.25, 0.3) is 0 Å². The van der Waals surface area contributed by atoms with Crippen LogP contribution in [0, 0.1) is 0 Å². The maximum atomic E-state index is 11.8. The fraction of sp³-hybridized carbons (Fsp3) is 0.667. The van der Waals surface area contributed by atoms with Crippen LogP contribution in [0.1, 0.15) is 53.8 Å². The first-order valence-electron chi connectivity index (χ1n) is 6.22. The first-order chi connectivity index (χ1) is 8.27. The summed E-state index contributed by atoms with van der Waals surface area (Å²) in [5.74, 6) is 0.0239. The highest BCUT2D eigenvalue weighted by molar-refractivity contribution is 5.89. The average molecular weight is 237 g/mol. The quantitative estimate of drug-likeness (QED) is 0.775. The molecule has 0 saturated carbocycles. The van der Waals surface area contributed by atoms with E-state index < -0.39 is 0 Å². The number of carbonyl (C=O) groups is 1. The normalized spacial score (nSPS) is 18.8. The first kappa shape index (κ1) is 12.1. The van der Waals surface area contributed by atoms with E-state index in [0.717, 1.165) is 36.9 Å². The van der Waals surface area contributed by atoms with Crippen molar-refractivity contribution in [3.8, 4) is 0 Å². The van der Waals surface area contributed by atoms with Gasteiger partial charge in [-0.05, 0) is 45.1 Å². The van der Waals surface area contributed by atoms with Gasteiger partial charge in [0.2, 0.25) is 0 Å². The molecule has 1 aromatic heterocycles. The molecular formula is C12H19N3O2. The number of rotatable bonds is 4. The minimum absolute atomic E-state index is 0.325. The fourth-order valence-electron chi connectivity index (χ4n) is 2.53. The molecule has 0 spiro atoms. The molecule has 1 aromatic rings. The summed E-state index contributed by atoms with van der Waals surface area (Å²) < 4.78 is 5.03. The molecule has 0 saturated heterocycles. The van der Waals surface area contributed by atoms with Crippen LogP contribution in [-0.4, -0.2) is 29.3 Å². The Labute approximate surface area is 101 Å². The smallest absolute Gasteiger partial charge is 0.359 e. The van der Waals surface area contributed by atoms with Crippen molar-refractivity contribution in [2.24, 2.45) is 5.73 Å². The highest BCUT2D eigenvalue weighted by Crippen LogP contribution is 2.35. The predicted molar refractivity (Wildman–Crippen MR) is 63.9 cm³/mol. The number of carbonyl (C=O) groups excluding carboxylic acids is 1. The molecule has 2 rings (SSSR count). The van der Waals surface area contributed by atoms with E-state index in [2.05, 4.69) is 10.2 Å². The van der Waals surface area contributed by atoms with E-state index >= 15 is 0 Å². The van der Waals surface area contributed by atoms with Crippen LogP contribution in [0.15, 0.2) is 0 Å². The Kier molecular flexibility index (Phi) is 3.78. The zero-order valence-corrected chi connectivity index (χ0v) is 10.2. The number of hydrogen-bond donors (Lipinski definition) is 2. The lowest BCUT2D eigenvalue weighted by molar-refractivity contribution is 0.0517. The molecule has 1 heterocycles. The molecule has 1 atom stereocenters. The van der Waals surface area contributed by atoms with E-state index in [1.54, 1.807) is 6.92 Å². The van der Waals surface area contributed by atoms with Crippen molar-refractivity contribution in [1.29, 1.82) is 0 Å². The van der Waals surface area contributed by atoms with Crippen LogP contribution in [0.25, 0.3) is 0 Å². The van der Waals surface area contributed by atoms with Gasteiger partial charge < -0.3 is 10.5 Å². The molecular weight excluding hydrogens is 218 g/mol. The Balaban J connectivity index is 2.29. The third-order valence-corrected chi connectivity index (χ3v) is 3.25. The number of H-pyrrole nitrogens is 1. The lowest BCUT2D eigenvalue weighted by Crippen LogP contribution is -2.17. The third kappa shape index (κ3) is 2.34. The molecule has 1 aliphatic carbocycles. The van der Waals surface area contributed by atoms with Crippen molar-refractivity contribution < 1.29 is 9.53 Å². The Bertz CT molecular complexity index is 400. The largest absolute Gasteiger partial charge is 0.461 e. The van der Waals surface area contributed by atoms with Crippen LogP contribution < -0.4 is 5.73 Å². The molecule has 1 unspecified atom stereocenters. The van der Waals surface area contributed by atoms with Crippen molar-refractivity contribution >= 4 is 5.97 Å². The van der Waals surface area contributed by atoms with Crippen molar-refractivity contribution in [2.45, 2.75) is 38.5 Å². The van der Waals surface area contributed by atoms with Gasteiger partial charge >= 0.3 is 5.97 Å². The monoisotopic (exact) mass is 237 g/mol. The average Bonchev–Trinajstić information content (AvgIpc) is 2.74. The summed E-state index contributed by atoms with van der Waals surface area (Å²) >= 11 is 0. The number of fused-ring (bicyclic) bond motifs is 1. The number of aromatic nitrogens is 2. The molecule has 17 heavy (non-hydrogen) atoms. The maximum absolute atomic E-state index is 11.8. The molecule has 5 nitrogen and oxygen atoms in total. The van der Waals surface area contributed by atoms with Gasteiger partial charge in [-0.1, -0.05) is 0 Å². The van der Waals surface area contributed by atoms with Gasteiger partial charge in [0, 0.05) is 11.3 Å². The number of esters is 1. The molecule has 94 valence electrons. The standard InChI is InChI=1S/C12H19N3O2/c1-2-17-12(16)11-10-8(6-7-13)4-3-5-9(10)14-15-11/h8H,2-7,13H2,1H3,(H,14,15). The summed E-state index contributed by atoms with van der Waals surface area (Å²) in [6.07, 6.45) is 4.07. The van der Waals surface area contributed by atoms with Gasteiger partial charge in [-0.3, -0.25) is 5.10 Å². The molecule has 1 aliphatic rings. The Morgan fingerprint density at radius 3 is 3.18 bits per heavy atom. The molecule has 0 radical (unpaired) electrons. The minimum Gasteiger partial charge on any atom is -0.461 e. The Morgan fingerprint density at radius 2 is 2.47 bits per heavy atom. The Hall–Kier alpha value is -1.36. The summed E-state index contributed by atoms with van der Waals surface area (Å²) in [7, 11) is 0. The minimum atomic E-state index is -0.325. The van der Waals surface area contributed by atoms with Gasteiger partial charge in [0.1, 0.15) is 0 Å². The van der Waals surface area contributed by atoms with Crippen LogP contribution in [-0.2, 0) is 11.2 Å². The van der Waals surface area contributed by atoms with Crippen molar-refractivity contribution in [3.63, 3.8) is 0 Å². The maximum Gasteiger partial charge on any atom is 0.359 e. The van der Waals surface area contributed by atoms with Crippen molar-refractivity contribution in [2.75, 3.05) is 13.2 Å². The molecule has 0 amide bonds. The summed E-state index contributed by atoms with van der Waals surface area (Å²) in [6, 6.07) is 0. The van der Waals surface area contributed by atoms with E-state index in [4.69, 9.17) is 10.5 Å². The Morgan fingerprint density at radius 1 is 1.65 bits per heavy atom. The topological polar surface area (TPSA) is 81.0 Å². The molecule has 0 fully saturated rings. The predicted octanol–water partition coefficient (Wildman–Crippen LogP) is 1.36. The van der Waals surface area contributed by atoms with Gasteiger partial charge in [-0.2, -0.15) is 5.10 Å². The van der Waals surface area contributed by atoms with Crippen LogP contribution in [0.3, 0.4) is 0 Å². The second-order valence-electron chi connectivity index (χ2n) is 4.35. The summed E-state index contributed by atoms with van der Waals surface area (Å²) in [4.78, 5) is 11.8. The number of nitrogens with one attached hydrogen (secondary N) is 1. The van der Waals surface area contributed by atoms with Crippen LogP contribution in [0.2, 0.25) is 0 Å². The van der Waals surface area contributed by atoms with Gasteiger partial charge in [0.05, 0.1) is 6.61 Å². The summed E-state index contributed by atoms with van der Waals surface area (Å²) in [5.41, 5.74) is 8.20. The van der Waals surface area contributed by atoms with E-state index in [-0.39, 0.29) is 5.97 Å². The number of aromatic amines is 1. The lowest BCUT2D eigenvalue weighted by Gasteiger charge is -2.22. The second-order valence-corrected chi connectivity index (χ2v) is 4.35. The first-order valence-corrected chi connectivity index (χ1v) is 6.22. The molecule has 0 aromatic carbocycles. The van der Waals surface area contributed by atoms with E-state index in [9.17, 15) is 4.79 Å². The second kappa shape index (κ2) is 5.31. The zero-order valence-electron chi connectivity index (χ0n) is 10.2. The molecule has 3 N–H and O–H groups in total. The summed E-state index contributed by atoms with van der Waals surface area (Å²) in [6.45, 7) is 2.81. The van der Waals surface area contributed by atoms with Crippen molar-refractivity contribution in [3.05, 3.63) is 17.0 Å². The summed E-state index contributed by atoms with van der Waals surface area (Å²) in [5, 5.41) is 7.07. The third-order valence-electron chi connectivity index (χ3n) is 3.25. The number of hydrogen-bond acceptors (Lipinski definition) is 4. The number of aryl methyl sites for hydroxylation is 1. The van der Waals surface area contributed by atoms with E-state index in [1.165, 1.54) is 0 Å². The number of nitrogens with zero attached hydrogens (tertiary/aromatic N) is 1. The van der Waals surface area contributed by atoms with Gasteiger partial charge in [0.15, 0.2) is 5.69 Å². The van der Waals surface area contributed by atoms with E-state index in [1.807, 2.05) is 0 Å². The van der Waals surface area contributed by atoms with Gasteiger partial charge in [-0.25, -0.2) is 4.79 Å². The van der Waals surface area contributed by atoms with Crippen LogP contribution in [0.5, 0.6) is 0 Å². The SMILES string of the molecule is CCOC(=O)c1n[nH]c2c1C(CCN)CCC2. The number of ether oxygens (including phenoxy) is 1. The molecule has 5 heteroatoms.